The summed E-state index contributed by atoms with van der Waals surface area (Å²) < 4.78 is 5.06. The van der Waals surface area contributed by atoms with Crippen molar-refractivity contribution < 1.29 is 24.9 Å². The van der Waals surface area contributed by atoms with Gasteiger partial charge in [-0.15, -0.1) is 5.92 Å². The van der Waals surface area contributed by atoms with Gasteiger partial charge in [0.05, 0.1) is 24.9 Å². The smallest absolute Gasteiger partial charge is 0.140 e. The Bertz CT molecular complexity index is 486. The van der Waals surface area contributed by atoms with Gasteiger partial charge in [-0.1, -0.05) is 37.8 Å². The van der Waals surface area contributed by atoms with Gasteiger partial charge in [0.25, 0.3) is 0 Å². The minimum Gasteiger partial charge on any atom is -0.394 e. The number of carbonyl (C=O) groups is 1. The number of unbranched alkanes of at least 4 members (excludes halogenated alkanes) is 1. The van der Waals surface area contributed by atoms with Gasteiger partial charge in [-0.05, 0) is 19.8 Å². The van der Waals surface area contributed by atoms with Crippen LogP contribution in [-0.4, -0.2) is 52.6 Å². The van der Waals surface area contributed by atoms with Crippen LogP contribution in [0.2, 0.25) is 0 Å². The number of carbonyl (C=O) groups excluding carboxylic acids is 1. The van der Waals surface area contributed by atoms with Crippen LogP contribution in [0.1, 0.15) is 52.4 Å². The van der Waals surface area contributed by atoms with Gasteiger partial charge in [-0.2, -0.15) is 0 Å². The third-order valence-corrected chi connectivity index (χ3v) is 4.57. The predicted molar refractivity (Wildman–Crippen MR) is 96.8 cm³/mol. The Morgan fingerprint density at radius 2 is 2.16 bits per heavy atom. The molecule has 0 amide bonds. The minimum atomic E-state index is -0.751. The Hall–Kier alpha value is -1.19. The number of ether oxygens (including phenoxy) is 1. The fourth-order valence-electron chi connectivity index (χ4n) is 3.05. The van der Waals surface area contributed by atoms with Gasteiger partial charge >= 0.3 is 0 Å². The third-order valence-electron chi connectivity index (χ3n) is 4.57. The molecule has 0 saturated heterocycles. The molecule has 1 rings (SSSR count). The normalized spacial score (nSPS) is 25.8. The minimum absolute atomic E-state index is 0.0328. The maximum atomic E-state index is 12.1. The molecule has 1 fully saturated rings. The summed E-state index contributed by atoms with van der Waals surface area (Å²) in [4.78, 5) is 12.1. The number of rotatable bonds is 10. The van der Waals surface area contributed by atoms with Crippen molar-refractivity contribution in [2.45, 2.75) is 64.1 Å². The predicted octanol–water partition coefficient (Wildman–Crippen LogP) is 1.84. The van der Waals surface area contributed by atoms with Crippen LogP contribution in [0.25, 0.3) is 0 Å². The largest absolute Gasteiger partial charge is 0.394 e. The van der Waals surface area contributed by atoms with Crippen molar-refractivity contribution >= 4 is 5.78 Å². The molecular formula is C20H32O5. The maximum Gasteiger partial charge on any atom is 0.140 e. The van der Waals surface area contributed by atoms with Crippen LogP contribution in [0.5, 0.6) is 0 Å². The summed E-state index contributed by atoms with van der Waals surface area (Å²) in [5.41, 5.74) is -0.751. The van der Waals surface area contributed by atoms with Crippen molar-refractivity contribution in [3.63, 3.8) is 0 Å². The lowest BCUT2D eigenvalue weighted by molar-refractivity contribution is -0.121. The SMILES string of the molecule is CCCCC(C)(O)CC=CC1C(O)CC(=O)C1CC#CCOCCO. The second-order valence-electron chi connectivity index (χ2n) is 6.99. The number of Topliss-reactive ketones (excluding diaryl/α,β-unsaturated/α-hetero) is 1. The second-order valence-corrected chi connectivity index (χ2v) is 6.99. The summed E-state index contributed by atoms with van der Waals surface area (Å²) >= 11 is 0. The fraction of sp³-hybridized carbons (Fsp3) is 0.750. The molecule has 0 aromatic rings. The molecule has 4 unspecified atom stereocenters. The topological polar surface area (TPSA) is 87.0 Å². The van der Waals surface area contributed by atoms with E-state index in [0.717, 1.165) is 19.3 Å². The van der Waals surface area contributed by atoms with Crippen LogP contribution < -0.4 is 0 Å². The molecule has 0 heterocycles. The molecule has 1 aliphatic carbocycles. The van der Waals surface area contributed by atoms with E-state index in [4.69, 9.17) is 9.84 Å². The summed E-state index contributed by atoms with van der Waals surface area (Å²) in [7, 11) is 0. The molecule has 0 aliphatic heterocycles. The first-order valence-electron chi connectivity index (χ1n) is 9.15. The van der Waals surface area contributed by atoms with E-state index in [1.807, 2.05) is 19.1 Å². The highest BCUT2D eigenvalue weighted by Gasteiger charge is 2.39. The van der Waals surface area contributed by atoms with Crippen molar-refractivity contribution in [3.05, 3.63) is 12.2 Å². The zero-order valence-corrected chi connectivity index (χ0v) is 15.4. The average Bonchev–Trinajstić information content (AvgIpc) is 2.82. The summed E-state index contributed by atoms with van der Waals surface area (Å²) in [6.45, 7) is 4.35. The first-order valence-corrected chi connectivity index (χ1v) is 9.15. The van der Waals surface area contributed by atoms with Gasteiger partial charge < -0.3 is 20.1 Å². The summed E-state index contributed by atoms with van der Waals surface area (Å²) in [5.74, 6) is 5.23. The van der Waals surface area contributed by atoms with Crippen LogP contribution in [0.3, 0.4) is 0 Å². The highest BCUT2D eigenvalue weighted by molar-refractivity contribution is 5.85. The summed E-state index contributed by atoms with van der Waals surface area (Å²) in [6, 6.07) is 0. The molecule has 0 aromatic carbocycles. The molecule has 3 N–H and O–H groups in total. The number of hydrogen-bond acceptors (Lipinski definition) is 5. The van der Waals surface area contributed by atoms with Gasteiger partial charge in [0.2, 0.25) is 0 Å². The number of ketones is 1. The van der Waals surface area contributed by atoms with Gasteiger partial charge in [0, 0.05) is 24.7 Å². The van der Waals surface area contributed by atoms with Gasteiger partial charge in [0.15, 0.2) is 0 Å². The first kappa shape index (κ1) is 21.9. The lowest BCUT2D eigenvalue weighted by Crippen LogP contribution is -2.23. The Labute approximate surface area is 151 Å². The van der Waals surface area contributed by atoms with Crippen molar-refractivity contribution in [3.8, 4) is 11.8 Å². The Balaban J connectivity index is 2.56. The molecular weight excluding hydrogens is 320 g/mol. The van der Waals surface area contributed by atoms with Crippen molar-refractivity contribution in [1.82, 2.24) is 0 Å². The molecule has 142 valence electrons. The Morgan fingerprint density at radius 3 is 2.84 bits per heavy atom. The van der Waals surface area contributed by atoms with E-state index in [9.17, 15) is 15.0 Å². The molecule has 25 heavy (non-hydrogen) atoms. The molecule has 5 nitrogen and oxygen atoms in total. The van der Waals surface area contributed by atoms with E-state index >= 15 is 0 Å². The first-order chi connectivity index (χ1) is 11.9. The summed E-state index contributed by atoms with van der Waals surface area (Å²) in [6.07, 6.45) is 6.88. The van der Waals surface area contributed by atoms with Crippen molar-refractivity contribution in [2.75, 3.05) is 19.8 Å². The molecule has 4 atom stereocenters. The van der Waals surface area contributed by atoms with Gasteiger partial charge in [-0.3, -0.25) is 4.79 Å². The highest BCUT2D eigenvalue weighted by Crippen LogP contribution is 2.33. The quantitative estimate of drug-likeness (QED) is 0.317. The maximum absolute atomic E-state index is 12.1. The molecule has 5 heteroatoms. The molecule has 1 aliphatic rings. The Kier molecular flexibility index (Phi) is 9.99. The average molecular weight is 352 g/mol. The van der Waals surface area contributed by atoms with Gasteiger partial charge in [-0.25, -0.2) is 0 Å². The highest BCUT2D eigenvalue weighted by atomic mass is 16.5. The van der Waals surface area contributed by atoms with E-state index < -0.39 is 11.7 Å². The van der Waals surface area contributed by atoms with E-state index in [1.54, 1.807) is 0 Å². The lowest BCUT2D eigenvalue weighted by Gasteiger charge is -2.22. The van der Waals surface area contributed by atoms with Crippen LogP contribution in [0.15, 0.2) is 12.2 Å². The van der Waals surface area contributed by atoms with E-state index in [-0.39, 0.29) is 43.9 Å². The number of aliphatic hydroxyl groups excluding tert-OH is 2. The monoisotopic (exact) mass is 352 g/mol. The fourth-order valence-corrected chi connectivity index (χ4v) is 3.05. The third kappa shape index (κ3) is 8.15. The van der Waals surface area contributed by atoms with Crippen molar-refractivity contribution in [1.29, 1.82) is 0 Å². The number of aliphatic hydroxyl groups is 3. The van der Waals surface area contributed by atoms with Gasteiger partial charge in [0.1, 0.15) is 12.4 Å². The summed E-state index contributed by atoms with van der Waals surface area (Å²) in [5, 5.41) is 29.1. The molecule has 0 spiro atoms. The molecule has 0 aromatic heterocycles. The van der Waals surface area contributed by atoms with Crippen molar-refractivity contribution in [2.24, 2.45) is 11.8 Å². The van der Waals surface area contributed by atoms with E-state index in [0.29, 0.717) is 12.8 Å². The molecule has 1 saturated carbocycles. The zero-order chi connectivity index (χ0) is 18.7. The van der Waals surface area contributed by atoms with Crippen LogP contribution in [0, 0.1) is 23.7 Å². The number of hydrogen-bond donors (Lipinski definition) is 3. The lowest BCUT2D eigenvalue weighted by atomic mass is 9.89. The molecule has 0 radical (unpaired) electrons. The van der Waals surface area contributed by atoms with Crippen LogP contribution >= 0.6 is 0 Å². The Morgan fingerprint density at radius 1 is 1.40 bits per heavy atom. The zero-order valence-electron chi connectivity index (χ0n) is 15.4. The van der Waals surface area contributed by atoms with E-state index in [1.165, 1.54) is 0 Å². The second kappa shape index (κ2) is 11.4. The standard InChI is InChI=1S/C20H32O5/c1-3-4-10-20(2,24)11-7-9-17-16(18(22)15-19(17)23)8-5-6-13-25-14-12-21/h7,9,16-17,19,21,23-24H,3-4,8,10-15H2,1-2H3. The van der Waals surface area contributed by atoms with E-state index in [2.05, 4.69) is 18.8 Å². The van der Waals surface area contributed by atoms with Crippen LogP contribution in [0.4, 0.5) is 0 Å². The molecule has 0 bridgehead atoms. The van der Waals surface area contributed by atoms with Crippen LogP contribution in [-0.2, 0) is 9.53 Å².